The molecule has 2 amide bonds. The number of carbonyl (C=O) groups excluding carboxylic acids is 1. The van der Waals surface area contributed by atoms with Gasteiger partial charge in [0.05, 0.1) is 23.4 Å². The molecule has 2 N–H and O–H groups in total. The normalized spacial score (nSPS) is 10.9. The molecule has 0 atom stereocenters. The molecule has 9 nitrogen and oxygen atoms in total. The van der Waals surface area contributed by atoms with Crippen LogP contribution in [0, 0.1) is 17.0 Å². The Morgan fingerprint density at radius 3 is 2.50 bits per heavy atom. The highest BCUT2D eigenvalue weighted by molar-refractivity contribution is 6.01. The molecule has 0 aliphatic heterocycles. The van der Waals surface area contributed by atoms with Crippen LogP contribution in [0.25, 0.3) is 11.2 Å². The van der Waals surface area contributed by atoms with E-state index < -0.39 is 4.92 Å². The number of aryl methyl sites for hydroxylation is 2. The molecule has 0 radical (unpaired) electrons. The summed E-state index contributed by atoms with van der Waals surface area (Å²) in [6.45, 7) is 4.54. The lowest BCUT2D eigenvalue weighted by Crippen LogP contribution is -2.20. The molecule has 0 aliphatic carbocycles. The Morgan fingerprint density at radius 1 is 1.09 bits per heavy atom. The van der Waals surface area contributed by atoms with E-state index in [-0.39, 0.29) is 11.7 Å². The maximum atomic E-state index is 12.5. The summed E-state index contributed by atoms with van der Waals surface area (Å²) in [6, 6.07) is 15.4. The zero-order valence-corrected chi connectivity index (χ0v) is 19.1. The number of aromatic nitrogens is 3. The van der Waals surface area contributed by atoms with Gasteiger partial charge in [0.15, 0.2) is 5.65 Å². The number of hydrogen-bond donors (Lipinski definition) is 2. The fourth-order valence-electron chi connectivity index (χ4n) is 3.75. The number of nitrogens with one attached hydrogen (secondary N) is 2. The standard InChI is InChI=1S/C25H26N6O3/c1-3-4-10-22-29-23-17(2)21(28-25(32)27-19-8-6-5-7-9-19)15-26-24(23)30(22)16-18-11-13-20(14-12-18)31(33)34/h5-9,11-15H,3-4,10,16H2,1-2H3,(H2,27,28,32). The minimum absolute atomic E-state index is 0.0592. The van der Waals surface area contributed by atoms with Crippen molar-refractivity contribution in [3.8, 4) is 0 Å². The average Bonchev–Trinajstić information content (AvgIpc) is 3.18. The Morgan fingerprint density at radius 2 is 1.82 bits per heavy atom. The number of anilines is 2. The highest BCUT2D eigenvalue weighted by Crippen LogP contribution is 2.26. The van der Waals surface area contributed by atoms with Gasteiger partial charge < -0.3 is 15.2 Å². The number of nitrogens with zero attached hydrogens (tertiary/aromatic N) is 4. The Labute approximate surface area is 197 Å². The lowest BCUT2D eigenvalue weighted by atomic mass is 10.2. The molecular weight excluding hydrogens is 432 g/mol. The molecule has 4 rings (SSSR count). The molecule has 0 aliphatic rings. The van der Waals surface area contributed by atoms with E-state index in [1.807, 2.05) is 41.8 Å². The quantitative estimate of drug-likeness (QED) is 0.260. The van der Waals surface area contributed by atoms with E-state index >= 15 is 0 Å². The van der Waals surface area contributed by atoms with Crippen LogP contribution >= 0.6 is 0 Å². The van der Waals surface area contributed by atoms with E-state index in [2.05, 4.69) is 22.5 Å². The molecular formula is C25H26N6O3. The van der Waals surface area contributed by atoms with Crippen molar-refractivity contribution in [1.82, 2.24) is 14.5 Å². The molecule has 2 aromatic heterocycles. The van der Waals surface area contributed by atoms with Crippen LogP contribution in [0.5, 0.6) is 0 Å². The predicted molar refractivity (Wildman–Crippen MR) is 132 cm³/mol. The van der Waals surface area contributed by atoms with Crippen molar-refractivity contribution in [2.75, 3.05) is 10.6 Å². The summed E-state index contributed by atoms with van der Waals surface area (Å²) >= 11 is 0. The van der Waals surface area contributed by atoms with Gasteiger partial charge in [-0.05, 0) is 31.0 Å². The zero-order chi connectivity index (χ0) is 24.1. The molecule has 4 aromatic rings. The first-order valence-electron chi connectivity index (χ1n) is 11.2. The maximum Gasteiger partial charge on any atom is 0.323 e. The van der Waals surface area contributed by atoms with Gasteiger partial charge >= 0.3 is 6.03 Å². The number of nitro groups is 1. The van der Waals surface area contributed by atoms with Crippen molar-refractivity contribution >= 4 is 34.3 Å². The molecule has 2 heterocycles. The molecule has 34 heavy (non-hydrogen) atoms. The summed E-state index contributed by atoms with van der Waals surface area (Å²) in [5.41, 5.74) is 4.54. The molecule has 0 bridgehead atoms. The highest BCUT2D eigenvalue weighted by atomic mass is 16.6. The largest absolute Gasteiger partial charge is 0.323 e. The Hall–Kier alpha value is -4.27. The number of urea groups is 1. The van der Waals surface area contributed by atoms with Crippen LogP contribution < -0.4 is 10.6 Å². The number of amides is 2. The van der Waals surface area contributed by atoms with Gasteiger partial charge in [-0.25, -0.2) is 14.8 Å². The number of benzene rings is 2. The molecule has 2 aromatic carbocycles. The summed E-state index contributed by atoms with van der Waals surface area (Å²) in [5, 5.41) is 16.6. The number of imidazole rings is 1. The Kier molecular flexibility index (Phi) is 6.82. The molecule has 9 heteroatoms. The number of pyridine rings is 1. The first-order chi connectivity index (χ1) is 16.5. The topological polar surface area (TPSA) is 115 Å². The van der Waals surface area contributed by atoms with Crippen LogP contribution in [0.15, 0.2) is 60.8 Å². The van der Waals surface area contributed by atoms with Crippen LogP contribution in [0.3, 0.4) is 0 Å². The second-order valence-electron chi connectivity index (χ2n) is 8.06. The summed E-state index contributed by atoms with van der Waals surface area (Å²) in [7, 11) is 0. The van der Waals surface area contributed by atoms with Gasteiger partial charge in [-0.1, -0.05) is 43.7 Å². The summed E-state index contributed by atoms with van der Waals surface area (Å²) < 4.78 is 2.05. The van der Waals surface area contributed by atoms with E-state index in [0.717, 1.165) is 47.4 Å². The van der Waals surface area contributed by atoms with E-state index in [0.29, 0.717) is 17.9 Å². The fraction of sp³-hybridized carbons (Fsp3) is 0.240. The third kappa shape index (κ3) is 5.03. The van der Waals surface area contributed by atoms with Gasteiger partial charge in [-0.3, -0.25) is 10.1 Å². The van der Waals surface area contributed by atoms with Gasteiger partial charge in [-0.2, -0.15) is 0 Å². The number of nitro benzene ring substituents is 1. The third-order valence-electron chi connectivity index (χ3n) is 5.62. The van der Waals surface area contributed by atoms with Crippen LogP contribution in [-0.4, -0.2) is 25.5 Å². The predicted octanol–water partition coefficient (Wildman–Crippen LogP) is 5.68. The number of non-ortho nitro benzene ring substituents is 1. The van der Waals surface area contributed by atoms with Gasteiger partial charge in [0.1, 0.15) is 11.3 Å². The van der Waals surface area contributed by atoms with Crippen molar-refractivity contribution in [1.29, 1.82) is 0 Å². The molecule has 0 fully saturated rings. The third-order valence-corrected chi connectivity index (χ3v) is 5.62. The Balaban J connectivity index is 1.63. The van der Waals surface area contributed by atoms with E-state index in [1.165, 1.54) is 12.1 Å². The fourth-order valence-corrected chi connectivity index (χ4v) is 3.75. The SMILES string of the molecule is CCCCc1nc2c(C)c(NC(=O)Nc3ccccc3)cnc2n1Cc1ccc([N+](=O)[O-])cc1. The molecule has 0 unspecified atom stereocenters. The molecule has 174 valence electrons. The van der Waals surface area contributed by atoms with Crippen molar-refractivity contribution < 1.29 is 9.72 Å². The molecule has 0 saturated carbocycles. The average molecular weight is 459 g/mol. The molecule has 0 spiro atoms. The lowest BCUT2D eigenvalue weighted by molar-refractivity contribution is -0.384. The summed E-state index contributed by atoms with van der Waals surface area (Å²) in [5.74, 6) is 0.900. The number of hydrogen-bond acceptors (Lipinski definition) is 5. The monoisotopic (exact) mass is 458 g/mol. The van der Waals surface area contributed by atoms with Crippen molar-refractivity contribution in [3.05, 3.63) is 87.9 Å². The van der Waals surface area contributed by atoms with Crippen LogP contribution in [0.1, 0.15) is 36.7 Å². The van der Waals surface area contributed by atoms with Crippen LogP contribution in [-0.2, 0) is 13.0 Å². The highest BCUT2D eigenvalue weighted by Gasteiger charge is 2.17. The Bertz CT molecular complexity index is 1320. The molecule has 0 saturated heterocycles. The van der Waals surface area contributed by atoms with Crippen molar-refractivity contribution in [2.24, 2.45) is 0 Å². The number of carbonyl (C=O) groups is 1. The van der Waals surface area contributed by atoms with E-state index in [9.17, 15) is 14.9 Å². The van der Waals surface area contributed by atoms with Crippen molar-refractivity contribution in [3.63, 3.8) is 0 Å². The van der Waals surface area contributed by atoms with Gasteiger partial charge in [0.25, 0.3) is 5.69 Å². The minimum Gasteiger partial charge on any atom is -0.308 e. The van der Waals surface area contributed by atoms with Crippen molar-refractivity contribution in [2.45, 2.75) is 39.7 Å². The second kappa shape index (κ2) is 10.1. The van der Waals surface area contributed by atoms with Crippen LogP contribution in [0.2, 0.25) is 0 Å². The number of unbranched alkanes of at least 4 members (excludes halogenated alkanes) is 1. The first-order valence-corrected chi connectivity index (χ1v) is 11.2. The van der Waals surface area contributed by atoms with Gasteiger partial charge in [0.2, 0.25) is 0 Å². The first kappa shape index (κ1) is 22.9. The second-order valence-corrected chi connectivity index (χ2v) is 8.06. The van der Waals surface area contributed by atoms with E-state index in [4.69, 9.17) is 4.98 Å². The van der Waals surface area contributed by atoms with Gasteiger partial charge in [0, 0.05) is 29.8 Å². The smallest absolute Gasteiger partial charge is 0.308 e. The van der Waals surface area contributed by atoms with Gasteiger partial charge in [-0.15, -0.1) is 0 Å². The zero-order valence-electron chi connectivity index (χ0n) is 19.1. The number of rotatable bonds is 8. The number of fused-ring (bicyclic) bond motifs is 1. The minimum atomic E-state index is -0.406. The van der Waals surface area contributed by atoms with Crippen LogP contribution in [0.4, 0.5) is 21.9 Å². The van der Waals surface area contributed by atoms with E-state index in [1.54, 1.807) is 18.3 Å². The summed E-state index contributed by atoms with van der Waals surface area (Å²) in [4.78, 5) is 32.5. The summed E-state index contributed by atoms with van der Waals surface area (Å²) in [6.07, 6.45) is 4.43. The number of para-hydroxylation sites is 1. The lowest BCUT2D eigenvalue weighted by Gasteiger charge is -2.11. The maximum absolute atomic E-state index is 12.5.